The van der Waals surface area contributed by atoms with Crippen LogP contribution in [0.5, 0.6) is 5.75 Å². The fraction of sp³-hybridized carbons (Fsp3) is 0.235. The Balaban J connectivity index is 1.99. The van der Waals surface area contributed by atoms with Crippen molar-refractivity contribution in [3.63, 3.8) is 0 Å². The van der Waals surface area contributed by atoms with E-state index in [1.807, 2.05) is 62.4 Å². The zero-order valence-electron chi connectivity index (χ0n) is 12.0. The highest BCUT2D eigenvalue weighted by molar-refractivity contribution is 5.94. The lowest BCUT2D eigenvalue weighted by molar-refractivity contribution is -0.122. The van der Waals surface area contributed by atoms with Crippen LogP contribution in [0.25, 0.3) is 0 Å². The number of aryl methyl sites for hydroxylation is 2. The van der Waals surface area contributed by atoms with Crippen molar-refractivity contribution in [2.45, 2.75) is 26.9 Å². The maximum absolute atomic E-state index is 12.1. The molecule has 2 aromatic rings. The van der Waals surface area contributed by atoms with E-state index in [-0.39, 0.29) is 5.91 Å². The first-order chi connectivity index (χ1) is 9.56. The number of ether oxygens (including phenoxy) is 1. The van der Waals surface area contributed by atoms with Gasteiger partial charge >= 0.3 is 0 Å². The van der Waals surface area contributed by atoms with E-state index in [1.165, 1.54) is 0 Å². The van der Waals surface area contributed by atoms with Crippen molar-refractivity contribution >= 4 is 11.6 Å². The average Bonchev–Trinajstić information content (AvgIpc) is 2.44. The van der Waals surface area contributed by atoms with Crippen molar-refractivity contribution in [2.24, 2.45) is 0 Å². The van der Waals surface area contributed by atoms with E-state index in [0.717, 1.165) is 22.6 Å². The Morgan fingerprint density at radius 2 is 1.70 bits per heavy atom. The Bertz CT molecular complexity index is 590. The third-order valence-electron chi connectivity index (χ3n) is 3.09. The molecule has 2 aromatic carbocycles. The molecule has 0 aromatic heterocycles. The molecule has 0 radical (unpaired) electrons. The van der Waals surface area contributed by atoms with Crippen molar-refractivity contribution < 1.29 is 9.53 Å². The first-order valence-corrected chi connectivity index (χ1v) is 6.66. The highest BCUT2D eigenvalue weighted by Gasteiger charge is 2.15. The summed E-state index contributed by atoms with van der Waals surface area (Å²) in [5.41, 5.74) is 2.95. The summed E-state index contributed by atoms with van der Waals surface area (Å²) < 4.78 is 5.69. The summed E-state index contributed by atoms with van der Waals surface area (Å²) in [6.07, 6.45) is -0.544. The van der Waals surface area contributed by atoms with Crippen LogP contribution in [0.2, 0.25) is 0 Å². The van der Waals surface area contributed by atoms with E-state index in [4.69, 9.17) is 4.74 Å². The molecule has 0 saturated carbocycles. The van der Waals surface area contributed by atoms with Gasteiger partial charge in [0.05, 0.1) is 0 Å². The number of amides is 1. The van der Waals surface area contributed by atoms with Crippen molar-refractivity contribution in [2.75, 3.05) is 5.32 Å². The van der Waals surface area contributed by atoms with Crippen LogP contribution in [0.15, 0.2) is 48.5 Å². The molecule has 0 heterocycles. The van der Waals surface area contributed by atoms with Gasteiger partial charge in [-0.3, -0.25) is 4.79 Å². The van der Waals surface area contributed by atoms with Gasteiger partial charge in [-0.15, -0.1) is 0 Å². The van der Waals surface area contributed by atoms with E-state index in [2.05, 4.69) is 5.32 Å². The molecule has 20 heavy (non-hydrogen) atoms. The summed E-state index contributed by atoms with van der Waals surface area (Å²) in [6, 6.07) is 15.4. The number of para-hydroxylation sites is 1. The van der Waals surface area contributed by atoms with Gasteiger partial charge < -0.3 is 10.1 Å². The van der Waals surface area contributed by atoms with Crippen LogP contribution >= 0.6 is 0 Å². The summed E-state index contributed by atoms with van der Waals surface area (Å²) in [5.74, 6) is 0.580. The van der Waals surface area contributed by atoms with Crippen molar-refractivity contribution in [3.8, 4) is 5.75 Å². The van der Waals surface area contributed by atoms with Crippen molar-refractivity contribution in [1.29, 1.82) is 0 Å². The lowest BCUT2D eigenvalue weighted by Gasteiger charge is -2.16. The summed E-state index contributed by atoms with van der Waals surface area (Å²) in [6.45, 7) is 5.71. The molecule has 0 aliphatic carbocycles. The number of rotatable bonds is 4. The molecule has 0 fully saturated rings. The van der Waals surface area contributed by atoms with E-state index in [1.54, 1.807) is 6.92 Å². The molecule has 3 heteroatoms. The first-order valence-electron chi connectivity index (χ1n) is 6.66. The zero-order valence-corrected chi connectivity index (χ0v) is 12.0. The van der Waals surface area contributed by atoms with Gasteiger partial charge in [-0.05, 0) is 44.5 Å². The molecular weight excluding hydrogens is 250 g/mol. The zero-order chi connectivity index (χ0) is 14.5. The number of benzene rings is 2. The minimum absolute atomic E-state index is 0.155. The van der Waals surface area contributed by atoms with Gasteiger partial charge in [0, 0.05) is 5.69 Å². The minimum Gasteiger partial charge on any atom is -0.481 e. The summed E-state index contributed by atoms with van der Waals surface area (Å²) in [5, 5.41) is 2.84. The van der Waals surface area contributed by atoms with Crippen LogP contribution in [0.3, 0.4) is 0 Å². The van der Waals surface area contributed by atoms with Gasteiger partial charge in [0.1, 0.15) is 5.75 Å². The molecule has 1 atom stereocenters. The fourth-order valence-electron chi connectivity index (χ4n) is 1.81. The second kappa shape index (κ2) is 6.24. The topological polar surface area (TPSA) is 38.3 Å². The van der Waals surface area contributed by atoms with E-state index >= 15 is 0 Å². The lowest BCUT2D eigenvalue weighted by Crippen LogP contribution is -2.30. The fourth-order valence-corrected chi connectivity index (χ4v) is 1.81. The maximum atomic E-state index is 12.1. The molecule has 1 N–H and O–H groups in total. The Kier molecular flexibility index (Phi) is 4.41. The van der Waals surface area contributed by atoms with Crippen LogP contribution in [-0.2, 0) is 4.79 Å². The van der Waals surface area contributed by atoms with Gasteiger partial charge in [0.2, 0.25) is 0 Å². The molecule has 1 amide bonds. The largest absolute Gasteiger partial charge is 0.481 e. The number of hydrogen-bond donors (Lipinski definition) is 1. The molecule has 0 aliphatic rings. The van der Waals surface area contributed by atoms with Crippen LogP contribution in [0.1, 0.15) is 18.1 Å². The number of anilines is 1. The Labute approximate surface area is 119 Å². The highest BCUT2D eigenvalue weighted by atomic mass is 16.5. The normalized spacial score (nSPS) is 11.8. The molecule has 0 saturated heterocycles. The summed E-state index contributed by atoms with van der Waals surface area (Å²) in [4.78, 5) is 12.1. The molecule has 0 spiro atoms. The van der Waals surface area contributed by atoms with Gasteiger partial charge in [0.25, 0.3) is 5.91 Å². The molecule has 3 nitrogen and oxygen atoms in total. The number of nitrogens with one attached hydrogen (secondary N) is 1. The second-order valence-electron chi connectivity index (χ2n) is 4.88. The molecule has 0 aliphatic heterocycles. The van der Waals surface area contributed by atoms with Gasteiger partial charge in [0.15, 0.2) is 6.10 Å². The first kappa shape index (κ1) is 14.1. The predicted octanol–water partition coefficient (Wildman–Crippen LogP) is 3.71. The standard InChI is InChI=1S/C17H19NO2/c1-12-8-10-15(11-9-12)18-17(19)14(3)20-16-7-5-4-6-13(16)2/h4-11,14H,1-3H3,(H,18,19)/t14-/m0/s1. The number of carbonyl (C=O) groups is 1. The Hall–Kier alpha value is -2.29. The molecular formula is C17H19NO2. The monoisotopic (exact) mass is 269 g/mol. The second-order valence-corrected chi connectivity index (χ2v) is 4.88. The Morgan fingerprint density at radius 1 is 1.05 bits per heavy atom. The van der Waals surface area contributed by atoms with Gasteiger partial charge in [-0.1, -0.05) is 35.9 Å². The quantitative estimate of drug-likeness (QED) is 0.919. The molecule has 104 valence electrons. The van der Waals surface area contributed by atoms with Crippen LogP contribution in [0, 0.1) is 13.8 Å². The summed E-state index contributed by atoms with van der Waals surface area (Å²) >= 11 is 0. The molecule has 2 rings (SSSR count). The third-order valence-corrected chi connectivity index (χ3v) is 3.09. The Morgan fingerprint density at radius 3 is 2.35 bits per heavy atom. The van der Waals surface area contributed by atoms with Crippen molar-refractivity contribution in [3.05, 3.63) is 59.7 Å². The third kappa shape index (κ3) is 3.60. The van der Waals surface area contributed by atoms with Crippen LogP contribution < -0.4 is 10.1 Å². The van der Waals surface area contributed by atoms with Crippen LogP contribution in [-0.4, -0.2) is 12.0 Å². The SMILES string of the molecule is Cc1ccc(NC(=O)[C@H](C)Oc2ccccc2C)cc1. The van der Waals surface area contributed by atoms with E-state index in [9.17, 15) is 4.79 Å². The van der Waals surface area contributed by atoms with Gasteiger partial charge in [-0.25, -0.2) is 0 Å². The van der Waals surface area contributed by atoms with E-state index < -0.39 is 6.10 Å². The number of hydrogen-bond acceptors (Lipinski definition) is 2. The lowest BCUT2D eigenvalue weighted by atomic mass is 10.2. The van der Waals surface area contributed by atoms with Crippen LogP contribution in [0.4, 0.5) is 5.69 Å². The minimum atomic E-state index is -0.544. The molecule has 0 unspecified atom stereocenters. The van der Waals surface area contributed by atoms with Gasteiger partial charge in [-0.2, -0.15) is 0 Å². The summed E-state index contributed by atoms with van der Waals surface area (Å²) in [7, 11) is 0. The number of carbonyl (C=O) groups excluding carboxylic acids is 1. The highest BCUT2D eigenvalue weighted by Crippen LogP contribution is 2.18. The predicted molar refractivity (Wildman–Crippen MR) is 81.1 cm³/mol. The molecule has 0 bridgehead atoms. The van der Waals surface area contributed by atoms with E-state index in [0.29, 0.717) is 0 Å². The van der Waals surface area contributed by atoms with Crippen molar-refractivity contribution in [1.82, 2.24) is 0 Å². The smallest absolute Gasteiger partial charge is 0.265 e. The average molecular weight is 269 g/mol. The maximum Gasteiger partial charge on any atom is 0.265 e.